The predicted octanol–water partition coefficient (Wildman–Crippen LogP) is 2.07. The molecule has 1 aromatic rings. The van der Waals surface area contributed by atoms with Crippen molar-refractivity contribution in [1.29, 1.82) is 0 Å². The zero-order chi connectivity index (χ0) is 14.1. The molecule has 0 spiro atoms. The Morgan fingerprint density at radius 1 is 1.33 bits per heavy atom. The van der Waals surface area contributed by atoms with Crippen molar-refractivity contribution in [2.75, 3.05) is 0 Å². The van der Waals surface area contributed by atoms with E-state index in [1.165, 1.54) is 11.3 Å². The van der Waals surface area contributed by atoms with E-state index in [9.17, 15) is 14.7 Å². The molecule has 2 N–H and O–H groups in total. The summed E-state index contributed by atoms with van der Waals surface area (Å²) in [6, 6.07) is 0. The molecule has 0 fully saturated rings. The summed E-state index contributed by atoms with van der Waals surface area (Å²) in [6.07, 6.45) is 0. The van der Waals surface area contributed by atoms with Gasteiger partial charge in [-0.25, -0.2) is 4.98 Å². The highest BCUT2D eigenvalue weighted by Gasteiger charge is 2.44. The van der Waals surface area contributed by atoms with E-state index >= 15 is 0 Å². The second-order valence-corrected chi connectivity index (χ2v) is 6.13. The van der Waals surface area contributed by atoms with Gasteiger partial charge in [-0.15, -0.1) is 11.3 Å². The van der Waals surface area contributed by atoms with Gasteiger partial charge in [0.25, 0.3) is 5.91 Å². The zero-order valence-corrected chi connectivity index (χ0v) is 12.0. The number of thiazole rings is 1. The lowest BCUT2D eigenvalue weighted by Gasteiger charge is -2.38. The Morgan fingerprint density at radius 2 is 1.89 bits per heavy atom. The van der Waals surface area contributed by atoms with Crippen LogP contribution in [0.4, 0.5) is 0 Å². The van der Waals surface area contributed by atoms with Gasteiger partial charge < -0.3 is 10.4 Å². The number of amides is 1. The van der Waals surface area contributed by atoms with E-state index in [4.69, 9.17) is 0 Å². The maximum absolute atomic E-state index is 12.1. The van der Waals surface area contributed by atoms with Crippen LogP contribution < -0.4 is 5.32 Å². The summed E-state index contributed by atoms with van der Waals surface area (Å²) in [4.78, 5) is 27.8. The Labute approximate surface area is 110 Å². The van der Waals surface area contributed by atoms with E-state index in [0.29, 0.717) is 10.6 Å². The fourth-order valence-corrected chi connectivity index (χ4v) is 1.98. The number of carboxylic acids is 1. The van der Waals surface area contributed by atoms with Crippen LogP contribution in [0.25, 0.3) is 0 Å². The molecule has 1 heterocycles. The molecule has 0 unspecified atom stereocenters. The molecule has 0 saturated heterocycles. The molecule has 1 aromatic heterocycles. The maximum Gasteiger partial charge on any atom is 0.311 e. The third kappa shape index (κ3) is 2.53. The molecule has 18 heavy (non-hydrogen) atoms. The number of aliphatic carboxylic acids is 1. The summed E-state index contributed by atoms with van der Waals surface area (Å²) in [5.74, 6) is -1.23. The van der Waals surface area contributed by atoms with Crippen molar-refractivity contribution in [1.82, 2.24) is 10.3 Å². The smallest absolute Gasteiger partial charge is 0.311 e. The van der Waals surface area contributed by atoms with Crippen LogP contribution >= 0.6 is 11.3 Å². The van der Waals surface area contributed by atoms with Crippen LogP contribution in [0.3, 0.4) is 0 Å². The maximum atomic E-state index is 12.1. The zero-order valence-electron chi connectivity index (χ0n) is 11.2. The van der Waals surface area contributed by atoms with Crippen LogP contribution in [0.2, 0.25) is 0 Å². The summed E-state index contributed by atoms with van der Waals surface area (Å²) < 4.78 is 0. The lowest BCUT2D eigenvalue weighted by molar-refractivity contribution is -0.150. The molecule has 0 aliphatic heterocycles. The first-order valence-electron chi connectivity index (χ1n) is 5.55. The Kier molecular flexibility index (Phi) is 3.81. The lowest BCUT2D eigenvalue weighted by Crippen LogP contribution is -2.56. The number of hydrogen-bond acceptors (Lipinski definition) is 4. The number of hydrogen-bond donors (Lipinski definition) is 2. The Morgan fingerprint density at radius 3 is 2.28 bits per heavy atom. The van der Waals surface area contributed by atoms with Crippen molar-refractivity contribution in [2.24, 2.45) is 5.41 Å². The molecule has 0 bridgehead atoms. The fraction of sp³-hybridized carbons (Fsp3) is 0.583. The predicted molar refractivity (Wildman–Crippen MR) is 69.8 cm³/mol. The first-order chi connectivity index (χ1) is 8.09. The Balaban J connectivity index is 2.94. The van der Waals surface area contributed by atoms with Gasteiger partial charge in [-0.05, 0) is 34.6 Å². The summed E-state index contributed by atoms with van der Waals surface area (Å²) in [7, 11) is 0. The van der Waals surface area contributed by atoms with Gasteiger partial charge in [-0.1, -0.05) is 0 Å². The minimum absolute atomic E-state index is 0.283. The molecule has 0 aliphatic rings. The van der Waals surface area contributed by atoms with E-state index in [2.05, 4.69) is 10.3 Å². The van der Waals surface area contributed by atoms with Gasteiger partial charge in [-0.2, -0.15) is 0 Å². The van der Waals surface area contributed by atoms with Gasteiger partial charge in [0.15, 0.2) is 0 Å². The van der Waals surface area contributed by atoms with E-state index in [0.717, 1.165) is 0 Å². The summed E-state index contributed by atoms with van der Waals surface area (Å²) >= 11 is 1.25. The van der Waals surface area contributed by atoms with Gasteiger partial charge in [-0.3, -0.25) is 9.59 Å². The summed E-state index contributed by atoms with van der Waals surface area (Å²) in [5.41, 5.74) is 0.314. The minimum Gasteiger partial charge on any atom is -0.481 e. The monoisotopic (exact) mass is 270 g/mol. The molecule has 0 saturated carbocycles. The van der Waals surface area contributed by atoms with Gasteiger partial charge in [0.2, 0.25) is 0 Å². The quantitative estimate of drug-likeness (QED) is 0.877. The molecule has 1 amide bonds. The van der Waals surface area contributed by atoms with Crippen LogP contribution in [0.15, 0.2) is 5.51 Å². The lowest BCUT2D eigenvalue weighted by atomic mass is 9.74. The number of nitrogens with one attached hydrogen (secondary N) is 1. The Bertz CT molecular complexity index is 477. The molecule has 0 aliphatic carbocycles. The average molecular weight is 270 g/mol. The topological polar surface area (TPSA) is 79.3 Å². The number of nitrogens with zero attached hydrogens (tertiary/aromatic N) is 1. The average Bonchev–Trinajstić information content (AvgIpc) is 2.63. The number of carbonyl (C=O) groups is 2. The number of carboxylic acid groups (broad SMARTS) is 1. The number of aromatic nitrogens is 1. The molecule has 6 heteroatoms. The SMILES string of the molecule is Cc1ncsc1C(=O)NC(C)(C)C(C)(C)C(=O)O. The number of rotatable bonds is 4. The largest absolute Gasteiger partial charge is 0.481 e. The molecule has 0 atom stereocenters. The third-order valence-corrected chi connectivity index (χ3v) is 4.40. The molecule has 5 nitrogen and oxygen atoms in total. The highest BCUT2D eigenvalue weighted by molar-refractivity contribution is 7.11. The van der Waals surface area contributed by atoms with Crippen LogP contribution in [0.5, 0.6) is 0 Å². The molecule has 0 aromatic carbocycles. The highest BCUT2D eigenvalue weighted by Crippen LogP contribution is 2.31. The molecule has 1 rings (SSSR count). The molecular formula is C12H18N2O3S. The van der Waals surface area contributed by atoms with Crippen molar-refractivity contribution >= 4 is 23.2 Å². The van der Waals surface area contributed by atoms with E-state index in [-0.39, 0.29) is 5.91 Å². The highest BCUT2D eigenvalue weighted by atomic mass is 32.1. The standard InChI is InChI=1S/C12H18N2O3S/c1-7-8(18-6-13-7)9(15)14-12(4,5)11(2,3)10(16)17/h6H,1-5H3,(H,14,15)(H,16,17). The van der Waals surface area contributed by atoms with Crippen molar-refractivity contribution < 1.29 is 14.7 Å². The summed E-state index contributed by atoms with van der Waals surface area (Å²) in [6.45, 7) is 8.34. The first-order valence-corrected chi connectivity index (χ1v) is 6.43. The first kappa shape index (κ1) is 14.6. The van der Waals surface area contributed by atoms with Crippen LogP contribution in [0, 0.1) is 12.3 Å². The molecule has 0 radical (unpaired) electrons. The van der Waals surface area contributed by atoms with Crippen molar-refractivity contribution in [3.8, 4) is 0 Å². The molecule has 100 valence electrons. The normalized spacial score (nSPS) is 12.3. The van der Waals surface area contributed by atoms with Gasteiger partial charge in [0.1, 0.15) is 4.88 Å². The van der Waals surface area contributed by atoms with Crippen molar-refractivity contribution in [3.63, 3.8) is 0 Å². The van der Waals surface area contributed by atoms with Crippen LogP contribution in [0.1, 0.15) is 43.1 Å². The molecular weight excluding hydrogens is 252 g/mol. The summed E-state index contributed by atoms with van der Waals surface area (Å²) in [5, 5.41) is 12.0. The second kappa shape index (κ2) is 4.68. The van der Waals surface area contributed by atoms with Crippen molar-refractivity contribution in [3.05, 3.63) is 16.1 Å². The number of aryl methyl sites for hydroxylation is 1. The van der Waals surface area contributed by atoms with Crippen molar-refractivity contribution in [2.45, 2.75) is 40.2 Å². The van der Waals surface area contributed by atoms with Gasteiger partial charge >= 0.3 is 5.97 Å². The minimum atomic E-state index is -1.07. The second-order valence-electron chi connectivity index (χ2n) is 5.28. The number of carbonyl (C=O) groups excluding carboxylic acids is 1. The van der Waals surface area contributed by atoms with E-state index < -0.39 is 16.9 Å². The van der Waals surface area contributed by atoms with Gasteiger partial charge in [0.05, 0.1) is 22.2 Å². The fourth-order valence-electron chi connectivity index (χ4n) is 1.28. The Hall–Kier alpha value is -1.43. The third-order valence-electron chi connectivity index (χ3n) is 3.47. The van der Waals surface area contributed by atoms with Crippen LogP contribution in [-0.2, 0) is 4.79 Å². The van der Waals surface area contributed by atoms with Crippen LogP contribution in [-0.4, -0.2) is 27.5 Å². The van der Waals surface area contributed by atoms with E-state index in [1.54, 1.807) is 40.1 Å². The van der Waals surface area contributed by atoms with Gasteiger partial charge in [0, 0.05) is 0 Å². The van der Waals surface area contributed by atoms with E-state index in [1.807, 2.05) is 0 Å².